The highest BCUT2D eigenvalue weighted by atomic mass is 32.2. The summed E-state index contributed by atoms with van der Waals surface area (Å²) in [7, 11) is -2.82. The fourth-order valence-corrected chi connectivity index (χ4v) is 3.63. The van der Waals surface area contributed by atoms with Crippen molar-refractivity contribution >= 4 is 15.7 Å². The van der Waals surface area contributed by atoms with Crippen LogP contribution in [-0.2, 0) is 9.84 Å². The van der Waals surface area contributed by atoms with E-state index in [0.29, 0.717) is 12.3 Å². The van der Waals surface area contributed by atoms with E-state index in [2.05, 4.69) is 5.10 Å². The SMILES string of the molecule is CC1CN(C2CCS(=O)(=O)C2)N=C1N. The average Bonchev–Trinajstić information content (AvgIpc) is 2.57. The Hall–Kier alpha value is -0.780. The molecule has 0 aliphatic carbocycles. The number of rotatable bonds is 1. The van der Waals surface area contributed by atoms with Gasteiger partial charge in [-0.25, -0.2) is 8.42 Å². The standard InChI is InChI=1S/C8H15N3O2S/c1-6-4-11(10-8(6)9)7-2-3-14(12,13)5-7/h6-7H,2-5H2,1H3,(H2,9,10). The molecular weight excluding hydrogens is 202 g/mol. The largest absolute Gasteiger partial charge is 0.385 e. The van der Waals surface area contributed by atoms with Crippen molar-refractivity contribution in [1.29, 1.82) is 0 Å². The van der Waals surface area contributed by atoms with Gasteiger partial charge in [0.2, 0.25) is 0 Å². The van der Waals surface area contributed by atoms with Crippen molar-refractivity contribution in [3.05, 3.63) is 0 Å². The Labute approximate surface area is 83.9 Å². The van der Waals surface area contributed by atoms with Crippen LogP contribution in [0.15, 0.2) is 5.10 Å². The molecule has 14 heavy (non-hydrogen) atoms. The molecule has 1 saturated heterocycles. The third-order valence-electron chi connectivity index (χ3n) is 2.84. The van der Waals surface area contributed by atoms with Crippen LogP contribution >= 0.6 is 0 Å². The summed E-state index contributed by atoms with van der Waals surface area (Å²) in [5.74, 6) is 1.39. The molecule has 2 rings (SSSR count). The molecule has 0 aromatic carbocycles. The highest BCUT2D eigenvalue weighted by molar-refractivity contribution is 7.91. The highest BCUT2D eigenvalue weighted by Gasteiger charge is 2.35. The van der Waals surface area contributed by atoms with Gasteiger partial charge in [-0.05, 0) is 6.42 Å². The van der Waals surface area contributed by atoms with Gasteiger partial charge in [-0.3, -0.25) is 5.01 Å². The van der Waals surface area contributed by atoms with Gasteiger partial charge in [0.25, 0.3) is 0 Å². The minimum absolute atomic E-state index is 0.0449. The molecule has 0 amide bonds. The molecule has 0 saturated carbocycles. The summed E-state index contributed by atoms with van der Waals surface area (Å²) in [6, 6.07) is 0.0449. The van der Waals surface area contributed by atoms with E-state index >= 15 is 0 Å². The van der Waals surface area contributed by atoms with E-state index in [4.69, 9.17) is 5.73 Å². The van der Waals surface area contributed by atoms with E-state index in [-0.39, 0.29) is 23.5 Å². The number of sulfone groups is 1. The van der Waals surface area contributed by atoms with E-state index in [9.17, 15) is 8.42 Å². The van der Waals surface area contributed by atoms with E-state index in [1.54, 1.807) is 0 Å². The van der Waals surface area contributed by atoms with E-state index in [1.165, 1.54) is 0 Å². The maximum absolute atomic E-state index is 11.3. The van der Waals surface area contributed by atoms with Crippen LogP contribution in [0.5, 0.6) is 0 Å². The summed E-state index contributed by atoms with van der Waals surface area (Å²) in [5, 5.41) is 6.02. The van der Waals surface area contributed by atoms with Crippen molar-refractivity contribution in [3.63, 3.8) is 0 Å². The Bertz CT molecular complexity index is 363. The van der Waals surface area contributed by atoms with Crippen LogP contribution in [0, 0.1) is 5.92 Å². The van der Waals surface area contributed by atoms with Crippen molar-refractivity contribution in [3.8, 4) is 0 Å². The molecule has 2 heterocycles. The molecule has 0 radical (unpaired) electrons. The van der Waals surface area contributed by atoms with E-state index < -0.39 is 9.84 Å². The van der Waals surface area contributed by atoms with Crippen LogP contribution in [0.3, 0.4) is 0 Å². The van der Waals surface area contributed by atoms with Gasteiger partial charge in [-0.15, -0.1) is 0 Å². The highest BCUT2D eigenvalue weighted by Crippen LogP contribution is 2.22. The maximum atomic E-state index is 11.3. The van der Waals surface area contributed by atoms with Gasteiger partial charge in [0.05, 0.1) is 17.5 Å². The lowest BCUT2D eigenvalue weighted by molar-refractivity contribution is 0.232. The smallest absolute Gasteiger partial charge is 0.152 e. The van der Waals surface area contributed by atoms with Crippen molar-refractivity contribution in [2.45, 2.75) is 19.4 Å². The van der Waals surface area contributed by atoms with E-state index in [0.717, 1.165) is 6.54 Å². The third-order valence-corrected chi connectivity index (χ3v) is 4.59. The zero-order valence-electron chi connectivity index (χ0n) is 8.18. The molecule has 2 aliphatic rings. The number of nitrogens with two attached hydrogens (primary N) is 1. The summed E-state index contributed by atoms with van der Waals surface area (Å²) in [6.07, 6.45) is 0.686. The number of nitrogens with zero attached hydrogens (tertiary/aromatic N) is 2. The Morgan fingerprint density at radius 2 is 2.29 bits per heavy atom. The molecule has 5 nitrogen and oxygen atoms in total. The Kier molecular flexibility index (Phi) is 2.17. The van der Waals surface area contributed by atoms with Crippen LogP contribution in [0.25, 0.3) is 0 Å². The molecule has 0 bridgehead atoms. The average molecular weight is 217 g/mol. The van der Waals surface area contributed by atoms with Gasteiger partial charge in [0.15, 0.2) is 9.84 Å². The monoisotopic (exact) mass is 217 g/mol. The molecule has 2 atom stereocenters. The van der Waals surface area contributed by atoms with Gasteiger partial charge < -0.3 is 5.73 Å². The first-order chi connectivity index (χ1) is 6.48. The molecular formula is C8H15N3O2S. The predicted molar refractivity (Wildman–Crippen MR) is 54.6 cm³/mol. The zero-order valence-corrected chi connectivity index (χ0v) is 9.00. The van der Waals surface area contributed by atoms with Crippen LogP contribution < -0.4 is 5.73 Å². The van der Waals surface area contributed by atoms with Crippen LogP contribution in [0.2, 0.25) is 0 Å². The summed E-state index contributed by atoms with van der Waals surface area (Å²) in [6.45, 7) is 2.76. The number of hydrazone groups is 1. The summed E-state index contributed by atoms with van der Waals surface area (Å²) < 4.78 is 22.5. The number of hydrogen-bond donors (Lipinski definition) is 1. The third kappa shape index (κ3) is 1.70. The fraction of sp³-hybridized carbons (Fsp3) is 0.875. The maximum Gasteiger partial charge on any atom is 0.152 e. The van der Waals surface area contributed by atoms with Gasteiger partial charge in [0, 0.05) is 12.5 Å². The van der Waals surface area contributed by atoms with Gasteiger partial charge in [-0.1, -0.05) is 6.92 Å². The first-order valence-corrected chi connectivity index (χ1v) is 6.61. The van der Waals surface area contributed by atoms with Crippen molar-refractivity contribution in [1.82, 2.24) is 5.01 Å². The molecule has 6 heteroatoms. The molecule has 0 aromatic rings. The second-order valence-corrected chi connectivity index (χ2v) is 6.33. The number of hydrogen-bond acceptors (Lipinski definition) is 5. The topological polar surface area (TPSA) is 75.8 Å². The summed E-state index contributed by atoms with van der Waals surface area (Å²) >= 11 is 0. The molecule has 80 valence electrons. The van der Waals surface area contributed by atoms with Crippen molar-refractivity contribution in [2.24, 2.45) is 16.8 Å². The van der Waals surface area contributed by atoms with Crippen molar-refractivity contribution in [2.75, 3.05) is 18.1 Å². The Balaban J connectivity index is 2.06. The number of amidine groups is 1. The van der Waals surface area contributed by atoms with Gasteiger partial charge in [-0.2, -0.15) is 5.10 Å². The summed E-state index contributed by atoms with van der Waals surface area (Å²) in [5.41, 5.74) is 5.66. The van der Waals surface area contributed by atoms with E-state index in [1.807, 2.05) is 11.9 Å². The van der Waals surface area contributed by atoms with Gasteiger partial charge in [0.1, 0.15) is 5.84 Å². The Morgan fingerprint density at radius 3 is 2.71 bits per heavy atom. The molecule has 1 fully saturated rings. The lowest BCUT2D eigenvalue weighted by Gasteiger charge is -2.20. The van der Waals surface area contributed by atoms with Crippen LogP contribution in [0.1, 0.15) is 13.3 Å². The lowest BCUT2D eigenvalue weighted by Crippen LogP contribution is -2.31. The zero-order chi connectivity index (χ0) is 10.3. The van der Waals surface area contributed by atoms with Crippen LogP contribution in [-0.4, -0.2) is 43.4 Å². The molecule has 0 aromatic heterocycles. The van der Waals surface area contributed by atoms with Crippen LogP contribution in [0.4, 0.5) is 0 Å². The normalized spacial score (nSPS) is 36.1. The predicted octanol–water partition coefficient (Wildman–Crippen LogP) is -0.603. The molecule has 2 unspecified atom stereocenters. The second-order valence-electron chi connectivity index (χ2n) is 4.10. The fourth-order valence-electron chi connectivity index (χ4n) is 1.90. The molecule has 2 aliphatic heterocycles. The second kappa shape index (κ2) is 3.12. The minimum Gasteiger partial charge on any atom is -0.385 e. The minimum atomic E-state index is -2.82. The van der Waals surface area contributed by atoms with Gasteiger partial charge >= 0.3 is 0 Å². The molecule has 0 spiro atoms. The summed E-state index contributed by atoms with van der Waals surface area (Å²) in [4.78, 5) is 0. The quantitative estimate of drug-likeness (QED) is 0.636. The molecule has 2 N–H and O–H groups in total. The first kappa shape index (κ1) is 9.76. The lowest BCUT2D eigenvalue weighted by atomic mass is 10.1. The van der Waals surface area contributed by atoms with Crippen molar-refractivity contribution < 1.29 is 8.42 Å². The Morgan fingerprint density at radius 1 is 1.57 bits per heavy atom. The first-order valence-electron chi connectivity index (χ1n) is 4.79.